The highest BCUT2D eigenvalue weighted by atomic mass is 16.2. The van der Waals surface area contributed by atoms with Crippen molar-refractivity contribution in [3.8, 4) is 0 Å². The predicted molar refractivity (Wildman–Crippen MR) is 94.5 cm³/mol. The number of nitrogens with zero attached hydrogens (tertiary/aromatic N) is 1. The third kappa shape index (κ3) is 2.44. The van der Waals surface area contributed by atoms with Crippen LogP contribution in [0.15, 0.2) is 30.3 Å². The summed E-state index contributed by atoms with van der Waals surface area (Å²) in [5.74, 6) is 3.43. The van der Waals surface area contributed by atoms with Gasteiger partial charge in [-0.3, -0.25) is 0 Å². The van der Waals surface area contributed by atoms with Crippen LogP contribution in [-0.2, 0) is 0 Å². The number of nitrogens with one attached hydrogen (secondary N) is 1. The van der Waals surface area contributed by atoms with Crippen LogP contribution < -0.4 is 5.32 Å². The Morgan fingerprint density at radius 2 is 1.62 bits per heavy atom. The molecular weight excluding hydrogens is 296 g/mol. The monoisotopic (exact) mass is 324 g/mol. The molecule has 1 N–H and O–H groups in total. The first kappa shape index (κ1) is 14.8. The van der Waals surface area contributed by atoms with Crippen LogP contribution in [0.1, 0.15) is 56.6 Å². The second kappa shape index (κ2) is 5.79. The number of urea groups is 1. The number of carbonyl (C=O) groups excluding carboxylic acids is 1. The molecule has 4 saturated carbocycles. The molecule has 0 aromatic heterocycles. The maximum Gasteiger partial charge on any atom is 0.318 e. The zero-order valence-corrected chi connectivity index (χ0v) is 14.4. The number of likely N-dealkylation sites (tertiary alicyclic amines) is 1. The lowest BCUT2D eigenvalue weighted by Gasteiger charge is -2.54. The fourth-order valence-electron chi connectivity index (χ4n) is 6.42. The Labute approximate surface area is 144 Å². The van der Waals surface area contributed by atoms with E-state index in [4.69, 9.17) is 0 Å². The fourth-order valence-corrected chi connectivity index (χ4v) is 6.42. The molecule has 1 aromatic carbocycles. The van der Waals surface area contributed by atoms with Crippen molar-refractivity contribution in [2.75, 3.05) is 6.54 Å². The molecule has 3 heteroatoms. The first-order chi connectivity index (χ1) is 11.8. The molecule has 0 radical (unpaired) electrons. The van der Waals surface area contributed by atoms with Crippen molar-refractivity contribution in [1.82, 2.24) is 10.2 Å². The van der Waals surface area contributed by atoms with Gasteiger partial charge in [-0.1, -0.05) is 30.3 Å². The molecule has 5 fully saturated rings. The van der Waals surface area contributed by atoms with Gasteiger partial charge in [0.15, 0.2) is 0 Å². The largest absolute Gasteiger partial charge is 0.335 e. The van der Waals surface area contributed by atoms with Gasteiger partial charge in [-0.15, -0.1) is 0 Å². The van der Waals surface area contributed by atoms with Crippen LogP contribution in [0, 0.1) is 23.7 Å². The molecule has 4 bridgehead atoms. The number of carbonyl (C=O) groups is 1. The van der Waals surface area contributed by atoms with Gasteiger partial charge in [-0.05, 0) is 74.2 Å². The highest BCUT2D eigenvalue weighted by molar-refractivity contribution is 5.75. The highest BCUT2D eigenvalue weighted by Gasteiger charge is 2.49. The number of amides is 2. The van der Waals surface area contributed by atoms with Crippen molar-refractivity contribution in [2.24, 2.45) is 23.7 Å². The number of hydrogen-bond acceptors (Lipinski definition) is 1. The Balaban J connectivity index is 1.30. The summed E-state index contributed by atoms with van der Waals surface area (Å²) in [5.41, 5.74) is 1.29. The van der Waals surface area contributed by atoms with Crippen LogP contribution in [0.2, 0.25) is 0 Å². The van der Waals surface area contributed by atoms with Crippen molar-refractivity contribution >= 4 is 6.03 Å². The minimum absolute atomic E-state index is 0.193. The zero-order valence-electron chi connectivity index (χ0n) is 14.4. The van der Waals surface area contributed by atoms with Gasteiger partial charge in [0.05, 0.1) is 6.04 Å². The molecule has 1 aromatic rings. The standard InChI is InChI=1S/C21H28N2O/c24-21(23-8-4-7-19(23)16-5-2-1-3-6-16)22-20-17-10-14-9-15(12-17)13-18(20)11-14/h1-3,5-6,14-15,17-20H,4,7-13H2,(H,22,24). The maximum atomic E-state index is 13.0. The van der Waals surface area contributed by atoms with Gasteiger partial charge in [-0.25, -0.2) is 4.79 Å². The quantitative estimate of drug-likeness (QED) is 0.861. The highest BCUT2D eigenvalue weighted by Crippen LogP contribution is 2.53. The molecule has 4 aliphatic carbocycles. The molecule has 128 valence electrons. The molecule has 6 rings (SSSR count). The van der Waals surface area contributed by atoms with E-state index < -0.39 is 0 Å². The van der Waals surface area contributed by atoms with Gasteiger partial charge in [0.1, 0.15) is 0 Å². The average Bonchev–Trinajstić information content (AvgIpc) is 3.08. The van der Waals surface area contributed by atoms with Crippen LogP contribution in [0.25, 0.3) is 0 Å². The van der Waals surface area contributed by atoms with E-state index in [1.807, 2.05) is 0 Å². The van der Waals surface area contributed by atoms with E-state index in [0.29, 0.717) is 6.04 Å². The lowest BCUT2D eigenvalue weighted by atomic mass is 9.54. The van der Waals surface area contributed by atoms with E-state index in [9.17, 15) is 4.79 Å². The fraction of sp³-hybridized carbons (Fsp3) is 0.667. The number of benzene rings is 1. The SMILES string of the molecule is O=C(NC1C2CC3CC(C2)CC1C3)N1CCCC1c1ccccc1. The van der Waals surface area contributed by atoms with Crippen molar-refractivity contribution < 1.29 is 4.79 Å². The molecule has 1 atom stereocenters. The topological polar surface area (TPSA) is 32.3 Å². The second-order valence-electron chi connectivity index (χ2n) is 8.67. The molecular formula is C21H28N2O. The summed E-state index contributed by atoms with van der Waals surface area (Å²) in [7, 11) is 0. The van der Waals surface area contributed by atoms with Crippen molar-refractivity contribution in [3.05, 3.63) is 35.9 Å². The molecule has 24 heavy (non-hydrogen) atoms. The first-order valence-corrected chi connectivity index (χ1v) is 9.90. The van der Waals surface area contributed by atoms with Crippen LogP contribution in [-0.4, -0.2) is 23.5 Å². The lowest BCUT2D eigenvalue weighted by Crippen LogP contribution is -2.57. The van der Waals surface area contributed by atoms with E-state index >= 15 is 0 Å². The maximum absolute atomic E-state index is 13.0. The Hall–Kier alpha value is -1.51. The Morgan fingerprint density at radius 1 is 0.958 bits per heavy atom. The molecule has 0 spiro atoms. The summed E-state index contributed by atoms with van der Waals surface area (Å²) in [6.07, 6.45) is 9.13. The molecule has 1 heterocycles. The molecule has 3 nitrogen and oxygen atoms in total. The summed E-state index contributed by atoms with van der Waals surface area (Å²) in [6.45, 7) is 0.901. The smallest absolute Gasteiger partial charge is 0.318 e. The van der Waals surface area contributed by atoms with Gasteiger partial charge < -0.3 is 10.2 Å². The lowest BCUT2D eigenvalue weighted by molar-refractivity contribution is -0.0112. The summed E-state index contributed by atoms with van der Waals surface area (Å²) in [4.78, 5) is 15.1. The minimum atomic E-state index is 0.193. The Morgan fingerprint density at radius 3 is 2.29 bits per heavy atom. The average molecular weight is 324 g/mol. The Bertz CT molecular complexity index is 586. The molecule has 2 amide bonds. The number of hydrogen-bond donors (Lipinski definition) is 1. The van der Waals surface area contributed by atoms with Crippen LogP contribution in [0.5, 0.6) is 0 Å². The zero-order chi connectivity index (χ0) is 16.1. The van der Waals surface area contributed by atoms with Gasteiger partial charge in [0, 0.05) is 12.6 Å². The predicted octanol–water partition coefficient (Wildman–Crippen LogP) is 4.36. The van der Waals surface area contributed by atoms with E-state index in [1.54, 1.807) is 0 Å². The summed E-state index contributed by atoms with van der Waals surface area (Å²) >= 11 is 0. The second-order valence-corrected chi connectivity index (χ2v) is 8.67. The third-order valence-electron chi connectivity index (χ3n) is 7.21. The normalized spacial score (nSPS) is 40.1. The van der Waals surface area contributed by atoms with Crippen LogP contribution in [0.3, 0.4) is 0 Å². The van der Waals surface area contributed by atoms with Gasteiger partial charge in [0.25, 0.3) is 0 Å². The van der Waals surface area contributed by atoms with E-state index in [-0.39, 0.29) is 12.1 Å². The van der Waals surface area contributed by atoms with Crippen molar-refractivity contribution in [2.45, 2.75) is 57.0 Å². The molecule has 1 unspecified atom stereocenters. The van der Waals surface area contributed by atoms with Gasteiger partial charge in [0.2, 0.25) is 0 Å². The first-order valence-electron chi connectivity index (χ1n) is 9.90. The van der Waals surface area contributed by atoms with E-state index in [0.717, 1.165) is 43.1 Å². The minimum Gasteiger partial charge on any atom is -0.335 e. The number of rotatable bonds is 2. The summed E-state index contributed by atoms with van der Waals surface area (Å²) in [5, 5.41) is 3.49. The van der Waals surface area contributed by atoms with Crippen molar-refractivity contribution in [3.63, 3.8) is 0 Å². The van der Waals surface area contributed by atoms with Crippen LogP contribution in [0.4, 0.5) is 4.79 Å². The molecule has 5 aliphatic rings. The van der Waals surface area contributed by atoms with Gasteiger partial charge >= 0.3 is 6.03 Å². The molecule has 1 saturated heterocycles. The van der Waals surface area contributed by atoms with E-state index in [1.165, 1.54) is 37.7 Å². The van der Waals surface area contributed by atoms with Gasteiger partial charge in [-0.2, -0.15) is 0 Å². The van der Waals surface area contributed by atoms with E-state index in [2.05, 4.69) is 40.5 Å². The summed E-state index contributed by atoms with van der Waals surface area (Å²) < 4.78 is 0. The third-order valence-corrected chi connectivity index (χ3v) is 7.21. The summed E-state index contributed by atoms with van der Waals surface area (Å²) in [6, 6.07) is 11.5. The molecule has 1 aliphatic heterocycles. The Kier molecular flexibility index (Phi) is 3.57. The van der Waals surface area contributed by atoms with Crippen molar-refractivity contribution in [1.29, 1.82) is 0 Å². The van der Waals surface area contributed by atoms with Crippen LogP contribution >= 0.6 is 0 Å².